The van der Waals surface area contributed by atoms with Crippen molar-refractivity contribution >= 4 is 11.8 Å². The molecular formula is C19H20N2O3. The fourth-order valence-electron chi connectivity index (χ4n) is 3.28. The summed E-state index contributed by atoms with van der Waals surface area (Å²) >= 11 is 0. The van der Waals surface area contributed by atoms with Crippen LogP contribution in [0.5, 0.6) is 0 Å². The van der Waals surface area contributed by atoms with Crippen LogP contribution in [0.1, 0.15) is 54.9 Å². The number of likely N-dealkylation sites (tertiary alicyclic amines) is 1. The van der Waals surface area contributed by atoms with E-state index in [2.05, 4.69) is 4.98 Å². The Morgan fingerprint density at radius 2 is 1.96 bits per heavy atom. The lowest BCUT2D eigenvalue weighted by molar-refractivity contribution is -0.140. The van der Waals surface area contributed by atoms with E-state index >= 15 is 0 Å². The molecular weight excluding hydrogens is 304 g/mol. The van der Waals surface area contributed by atoms with Crippen LogP contribution in [0.3, 0.4) is 0 Å². The van der Waals surface area contributed by atoms with Gasteiger partial charge < -0.3 is 4.42 Å². The van der Waals surface area contributed by atoms with Crippen molar-refractivity contribution in [1.29, 1.82) is 0 Å². The van der Waals surface area contributed by atoms with Gasteiger partial charge in [0, 0.05) is 12.3 Å². The molecule has 1 atom stereocenters. The fourth-order valence-corrected chi connectivity index (χ4v) is 3.28. The molecule has 1 aliphatic heterocycles. The van der Waals surface area contributed by atoms with Crippen molar-refractivity contribution in [3.05, 3.63) is 53.2 Å². The molecule has 0 N–H and O–H groups in total. The summed E-state index contributed by atoms with van der Waals surface area (Å²) in [6, 6.07) is 7.80. The summed E-state index contributed by atoms with van der Waals surface area (Å²) in [5, 5.41) is 0. The molecule has 2 fully saturated rings. The molecule has 1 aromatic heterocycles. The molecule has 2 aromatic rings. The first-order chi connectivity index (χ1) is 11.5. The first-order valence-electron chi connectivity index (χ1n) is 8.34. The van der Waals surface area contributed by atoms with Crippen LogP contribution >= 0.6 is 0 Å². The smallest absolute Gasteiger partial charge is 0.240 e. The molecule has 1 saturated heterocycles. The van der Waals surface area contributed by atoms with Crippen molar-refractivity contribution in [2.75, 3.05) is 0 Å². The van der Waals surface area contributed by atoms with Gasteiger partial charge >= 0.3 is 0 Å². The molecule has 24 heavy (non-hydrogen) atoms. The van der Waals surface area contributed by atoms with Gasteiger partial charge in [-0.15, -0.1) is 0 Å². The normalized spacial score (nSPS) is 24.0. The second-order valence-electron chi connectivity index (χ2n) is 7.09. The van der Waals surface area contributed by atoms with Crippen LogP contribution in [0, 0.1) is 6.92 Å². The van der Waals surface area contributed by atoms with Gasteiger partial charge in [-0.25, -0.2) is 4.98 Å². The van der Waals surface area contributed by atoms with Gasteiger partial charge in [-0.3, -0.25) is 14.5 Å². The van der Waals surface area contributed by atoms with Crippen molar-refractivity contribution in [2.24, 2.45) is 0 Å². The number of imide groups is 1. The van der Waals surface area contributed by atoms with E-state index in [0.29, 0.717) is 11.8 Å². The molecule has 1 saturated carbocycles. The molecule has 1 aromatic carbocycles. The lowest BCUT2D eigenvalue weighted by Crippen LogP contribution is -2.36. The number of amides is 2. The highest BCUT2D eigenvalue weighted by Crippen LogP contribution is 2.41. The van der Waals surface area contributed by atoms with Crippen molar-refractivity contribution in [3.8, 4) is 0 Å². The zero-order chi connectivity index (χ0) is 16.9. The molecule has 2 amide bonds. The van der Waals surface area contributed by atoms with E-state index in [1.54, 1.807) is 6.20 Å². The number of aryl methyl sites for hydroxylation is 1. The molecule has 1 aliphatic carbocycles. The van der Waals surface area contributed by atoms with Crippen molar-refractivity contribution in [2.45, 2.75) is 51.0 Å². The minimum absolute atomic E-state index is 0.117. The van der Waals surface area contributed by atoms with Gasteiger partial charge in [0.05, 0.1) is 11.6 Å². The molecule has 124 valence electrons. The molecule has 0 spiro atoms. The topological polar surface area (TPSA) is 63.4 Å². The molecule has 0 unspecified atom stereocenters. The van der Waals surface area contributed by atoms with E-state index in [1.807, 2.05) is 38.1 Å². The van der Waals surface area contributed by atoms with Gasteiger partial charge in [0.25, 0.3) is 0 Å². The van der Waals surface area contributed by atoms with E-state index in [9.17, 15) is 9.59 Å². The second kappa shape index (κ2) is 5.30. The summed E-state index contributed by atoms with van der Waals surface area (Å²) < 4.78 is 5.70. The maximum atomic E-state index is 12.9. The van der Waals surface area contributed by atoms with Gasteiger partial charge in [0.1, 0.15) is 12.3 Å². The largest absolute Gasteiger partial charge is 0.443 e. The Morgan fingerprint density at radius 1 is 1.25 bits per heavy atom. The minimum Gasteiger partial charge on any atom is -0.443 e. The first kappa shape index (κ1) is 15.1. The van der Waals surface area contributed by atoms with Crippen LogP contribution in [0.2, 0.25) is 0 Å². The van der Waals surface area contributed by atoms with Gasteiger partial charge in [-0.2, -0.15) is 0 Å². The van der Waals surface area contributed by atoms with Gasteiger partial charge in [-0.1, -0.05) is 29.8 Å². The van der Waals surface area contributed by atoms with E-state index < -0.39 is 5.41 Å². The third-order valence-corrected chi connectivity index (χ3v) is 5.06. The number of hydrogen-bond acceptors (Lipinski definition) is 4. The number of benzene rings is 1. The number of rotatable bonds is 4. The lowest BCUT2D eigenvalue weighted by Gasteiger charge is -2.22. The Bertz CT molecular complexity index is 804. The Hall–Kier alpha value is -2.43. The Kier molecular flexibility index (Phi) is 3.34. The fraction of sp³-hybridized carbons (Fsp3) is 0.421. The predicted octanol–water partition coefficient (Wildman–Crippen LogP) is 3.08. The molecule has 5 heteroatoms. The number of aromatic nitrogens is 1. The van der Waals surface area contributed by atoms with E-state index in [-0.39, 0.29) is 24.8 Å². The summed E-state index contributed by atoms with van der Waals surface area (Å²) in [4.78, 5) is 30.9. The van der Waals surface area contributed by atoms with Crippen LogP contribution in [0.4, 0.5) is 0 Å². The summed E-state index contributed by atoms with van der Waals surface area (Å²) in [6.07, 6.45) is 4.16. The van der Waals surface area contributed by atoms with Gasteiger partial charge in [0.15, 0.2) is 0 Å². The van der Waals surface area contributed by atoms with Crippen LogP contribution in [-0.2, 0) is 21.5 Å². The van der Waals surface area contributed by atoms with Crippen LogP contribution in [0.25, 0.3) is 0 Å². The number of nitrogens with zero attached hydrogens (tertiary/aromatic N) is 2. The van der Waals surface area contributed by atoms with E-state index in [4.69, 9.17) is 4.42 Å². The van der Waals surface area contributed by atoms with E-state index in [1.165, 1.54) is 4.90 Å². The summed E-state index contributed by atoms with van der Waals surface area (Å²) in [6.45, 7) is 3.95. The van der Waals surface area contributed by atoms with Crippen LogP contribution < -0.4 is 0 Å². The van der Waals surface area contributed by atoms with Crippen molar-refractivity contribution in [1.82, 2.24) is 9.88 Å². The summed E-state index contributed by atoms with van der Waals surface area (Å²) in [5.41, 5.74) is 1.19. The number of carbonyl (C=O) groups is 2. The monoisotopic (exact) mass is 324 g/mol. The molecule has 5 nitrogen and oxygen atoms in total. The number of oxazole rings is 1. The Labute approximate surface area is 140 Å². The molecule has 2 heterocycles. The molecule has 0 bridgehead atoms. The highest BCUT2D eigenvalue weighted by atomic mass is 16.4. The van der Waals surface area contributed by atoms with Gasteiger partial charge in [-0.05, 0) is 32.3 Å². The molecule has 0 radical (unpaired) electrons. The first-order valence-corrected chi connectivity index (χ1v) is 8.34. The average Bonchev–Trinajstić information content (AvgIpc) is 3.26. The predicted molar refractivity (Wildman–Crippen MR) is 87.2 cm³/mol. The number of hydrogen-bond donors (Lipinski definition) is 0. The maximum Gasteiger partial charge on any atom is 0.240 e. The Balaban J connectivity index is 1.57. The minimum atomic E-state index is -0.809. The maximum absolute atomic E-state index is 12.9. The quantitative estimate of drug-likeness (QED) is 0.811. The molecule has 4 rings (SSSR count). The summed E-state index contributed by atoms with van der Waals surface area (Å²) in [5.74, 6) is 1.42. The zero-order valence-electron chi connectivity index (χ0n) is 13.9. The average molecular weight is 324 g/mol. The highest BCUT2D eigenvalue weighted by Gasteiger charge is 2.49. The van der Waals surface area contributed by atoms with Crippen LogP contribution in [0.15, 0.2) is 34.9 Å². The highest BCUT2D eigenvalue weighted by molar-refractivity contribution is 6.08. The second-order valence-corrected chi connectivity index (χ2v) is 7.09. The van der Waals surface area contributed by atoms with Crippen LogP contribution in [-0.4, -0.2) is 21.7 Å². The zero-order valence-corrected chi connectivity index (χ0v) is 13.9. The number of carbonyl (C=O) groups excluding carboxylic acids is 2. The van der Waals surface area contributed by atoms with Crippen molar-refractivity contribution < 1.29 is 14.0 Å². The Morgan fingerprint density at radius 3 is 2.62 bits per heavy atom. The third kappa shape index (κ3) is 2.44. The summed E-state index contributed by atoms with van der Waals surface area (Å²) in [7, 11) is 0. The lowest BCUT2D eigenvalue weighted by atomic mass is 9.81. The van der Waals surface area contributed by atoms with E-state index in [0.717, 1.165) is 29.7 Å². The van der Waals surface area contributed by atoms with Gasteiger partial charge in [0.2, 0.25) is 17.7 Å². The third-order valence-electron chi connectivity index (χ3n) is 5.06. The molecule has 2 aliphatic rings. The SMILES string of the molecule is Cc1ccc([C@@]2(C)CC(=O)N(Cc3ncc(C4CC4)o3)C2=O)cc1. The van der Waals surface area contributed by atoms with Crippen molar-refractivity contribution in [3.63, 3.8) is 0 Å². The standard InChI is InChI=1S/C19H20N2O3/c1-12-3-7-14(8-4-12)19(2)9-17(22)21(18(19)23)11-16-20-10-15(24-16)13-5-6-13/h3-4,7-8,10,13H,5-6,9,11H2,1-2H3/t19-/m1/s1.